The van der Waals surface area contributed by atoms with E-state index in [2.05, 4.69) is 19.2 Å². The fourth-order valence-electron chi connectivity index (χ4n) is 1.45. The maximum atomic E-state index is 8.88. The van der Waals surface area contributed by atoms with Gasteiger partial charge >= 0.3 is 0 Å². The van der Waals surface area contributed by atoms with Gasteiger partial charge < -0.3 is 14.8 Å². The van der Waals surface area contributed by atoms with Gasteiger partial charge in [-0.25, -0.2) is 0 Å². The van der Waals surface area contributed by atoms with Crippen LogP contribution < -0.4 is 5.32 Å². The second-order valence-corrected chi connectivity index (χ2v) is 4.69. The molecule has 1 rings (SSSR count). The second kappa shape index (κ2) is 6.51. The molecule has 1 heterocycles. The highest BCUT2D eigenvalue weighted by molar-refractivity contribution is 5.42. The van der Waals surface area contributed by atoms with Crippen LogP contribution in [0.15, 0.2) is 28.9 Å². The summed E-state index contributed by atoms with van der Waals surface area (Å²) in [7, 11) is 0. The normalized spacial score (nSPS) is 12.4. The maximum Gasteiger partial charge on any atom is 0.126 e. The van der Waals surface area contributed by atoms with E-state index in [1.165, 1.54) is 0 Å². The Morgan fingerprint density at radius 1 is 1.50 bits per heavy atom. The van der Waals surface area contributed by atoms with Crippen LogP contribution in [0.2, 0.25) is 0 Å². The summed E-state index contributed by atoms with van der Waals surface area (Å²) < 4.78 is 5.17. The van der Waals surface area contributed by atoms with Crippen LogP contribution in [-0.2, 0) is 0 Å². The molecular formula is C13H21NO2. The van der Waals surface area contributed by atoms with Crippen molar-refractivity contribution < 1.29 is 9.52 Å². The van der Waals surface area contributed by atoms with Crippen LogP contribution in [-0.4, -0.2) is 24.8 Å². The molecule has 0 saturated heterocycles. The van der Waals surface area contributed by atoms with E-state index in [1.54, 1.807) is 6.26 Å². The number of furan rings is 1. The van der Waals surface area contributed by atoms with Crippen molar-refractivity contribution in [3.8, 4) is 0 Å². The zero-order chi connectivity index (χ0) is 11.9. The van der Waals surface area contributed by atoms with Gasteiger partial charge in [-0.15, -0.1) is 0 Å². The van der Waals surface area contributed by atoms with Crippen molar-refractivity contribution >= 4 is 6.08 Å². The lowest BCUT2D eigenvalue weighted by atomic mass is 9.90. The number of hydrogen-bond acceptors (Lipinski definition) is 3. The molecule has 3 nitrogen and oxygen atoms in total. The summed E-state index contributed by atoms with van der Waals surface area (Å²) in [6, 6.07) is 3.80. The first-order valence-electron chi connectivity index (χ1n) is 5.66. The van der Waals surface area contributed by atoms with E-state index >= 15 is 0 Å². The van der Waals surface area contributed by atoms with Crippen LogP contribution in [0.5, 0.6) is 0 Å². The highest BCUT2D eigenvalue weighted by Crippen LogP contribution is 2.17. The molecule has 0 amide bonds. The highest BCUT2D eigenvalue weighted by Gasteiger charge is 2.15. The van der Waals surface area contributed by atoms with Crippen molar-refractivity contribution in [2.24, 2.45) is 5.41 Å². The highest BCUT2D eigenvalue weighted by atomic mass is 16.3. The van der Waals surface area contributed by atoms with Crippen molar-refractivity contribution in [2.75, 3.05) is 19.7 Å². The van der Waals surface area contributed by atoms with Gasteiger partial charge in [0.05, 0.1) is 6.26 Å². The van der Waals surface area contributed by atoms with Crippen molar-refractivity contribution in [2.45, 2.75) is 20.3 Å². The van der Waals surface area contributed by atoms with Crippen LogP contribution in [0.25, 0.3) is 6.08 Å². The molecule has 0 aliphatic carbocycles. The molecule has 0 fully saturated rings. The number of aliphatic hydroxyl groups is 1. The molecule has 0 aliphatic heterocycles. The Morgan fingerprint density at radius 3 is 2.94 bits per heavy atom. The summed E-state index contributed by atoms with van der Waals surface area (Å²) in [6.45, 7) is 6.25. The minimum atomic E-state index is 0.146. The van der Waals surface area contributed by atoms with Gasteiger partial charge in [0.1, 0.15) is 5.76 Å². The Bertz CT molecular complexity index is 302. The molecule has 1 aromatic heterocycles. The lowest BCUT2D eigenvalue weighted by Gasteiger charge is -2.23. The predicted molar refractivity (Wildman–Crippen MR) is 66.1 cm³/mol. The van der Waals surface area contributed by atoms with E-state index in [4.69, 9.17) is 9.52 Å². The Kier molecular flexibility index (Phi) is 5.29. The van der Waals surface area contributed by atoms with Gasteiger partial charge in [0, 0.05) is 19.7 Å². The minimum Gasteiger partial charge on any atom is -0.465 e. The summed E-state index contributed by atoms with van der Waals surface area (Å²) in [6.07, 6.45) is 6.47. The quantitative estimate of drug-likeness (QED) is 0.697. The van der Waals surface area contributed by atoms with Gasteiger partial charge in [-0.2, -0.15) is 0 Å². The molecule has 90 valence electrons. The monoisotopic (exact) mass is 223 g/mol. The van der Waals surface area contributed by atoms with Crippen LogP contribution in [0.1, 0.15) is 26.0 Å². The van der Waals surface area contributed by atoms with Crippen molar-refractivity contribution in [3.63, 3.8) is 0 Å². The number of nitrogens with one attached hydrogen (secondary N) is 1. The third-order valence-corrected chi connectivity index (χ3v) is 2.48. The average molecular weight is 223 g/mol. The summed E-state index contributed by atoms with van der Waals surface area (Å²) >= 11 is 0. The van der Waals surface area contributed by atoms with E-state index in [0.29, 0.717) is 0 Å². The molecule has 0 saturated carbocycles. The molecule has 0 spiro atoms. The summed E-state index contributed by atoms with van der Waals surface area (Å²) in [5.41, 5.74) is 0.146. The Balaban J connectivity index is 2.16. The topological polar surface area (TPSA) is 45.4 Å². The molecule has 0 radical (unpaired) electrons. The molecule has 3 heteroatoms. The van der Waals surface area contributed by atoms with Crippen LogP contribution in [0, 0.1) is 5.41 Å². The standard InChI is InChI=1S/C13H21NO2/c1-13(2,7-9-15)11-14-8-3-5-12-6-4-10-16-12/h3-6,10,14-15H,7-9,11H2,1-2H3/b5-3+. The van der Waals surface area contributed by atoms with Crippen LogP contribution in [0.3, 0.4) is 0 Å². The zero-order valence-corrected chi connectivity index (χ0v) is 10.1. The van der Waals surface area contributed by atoms with Gasteiger partial charge in [-0.05, 0) is 30.0 Å². The van der Waals surface area contributed by atoms with Crippen molar-refractivity contribution in [1.29, 1.82) is 0 Å². The average Bonchev–Trinajstić information content (AvgIpc) is 2.69. The lowest BCUT2D eigenvalue weighted by molar-refractivity contribution is 0.208. The van der Waals surface area contributed by atoms with E-state index in [0.717, 1.165) is 25.3 Å². The summed E-state index contributed by atoms with van der Waals surface area (Å²) in [5.74, 6) is 0.872. The summed E-state index contributed by atoms with van der Waals surface area (Å²) in [5, 5.41) is 12.2. The van der Waals surface area contributed by atoms with Crippen LogP contribution in [0.4, 0.5) is 0 Å². The van der Waals surface area contributed by atoms with Crippen LogP contribution >= 0.6 is 0 Å². The first-order valence-corrected chi connectivity index (χ1v) is 5.66. The van der Waals surface area contributed by atoms with E-state index in [1.807, 2.05) is 24.3 Å². The fourth-order valence-corrected chi connectivity index (χ4v) is 1.45. The largest absolute Gasteiger partial charge is 0.465 e. The van der Waals surface area contributed by atoms with E-state index in [9.17, 15) is 0 Å². The maximum absolute atomic E-state index is 8.88. The van der Waals surface area contributed by atoms with Gasteiger partial charge in [0.2, 0.25) is 0 Å². The SMILES string of the molecule is CC(C)(CCO)CNC/C=C/c1ccco1. The van der Waals surface area contributed by atoms with Gasteiger partial charge in [0.25, 0.3) is 0 Å². The number of aliphatic hydroxyl groups excluding tert-OH is 1. The third-order valence-electron chi connectivity index (χ3n) is 2.48. The Hall–Kier alpha value is -1.06. The van der Waals surface area contributed by atoms with Gasteiger partial charge in [-0.3, -0.25) is 0 Å². The zero-order valence-electron chi connectivity index (χ0n) is 10.1. The lowest BCUT2D eigenvalue weighted by Crippen LogP contribution is -2.30. The number of rotatable bonds is 7. The first-order chi connectivity index (χ1) is 7.64. The van der Waals surface area contributed by atoms with Gasteiger partial charge in [-0.1, -0.05) is 19.9 Å². The van der Waals surface area contributed by atoms with Crippen molar-refractivity contribution in [1.82, 2.24) is 5.32 Å². The third kappa shape index (κ3) is 5.14. The first kappa shape index (κ1) is 13.0. The Labute approximate surface area is 97.2 Å². The van der Waals surface area contributed by atoms with E-state index in [-0.39, 0.29) is 12.0 Å². The molecule has 0 aliphatic rings. The van der Waals surface area contributed by atoms with Crippen molar-refractivity contribution in [3.05, 3.63) is 30.2 Å². The molecule has 16 heavy (non-hydrogen) atoms. The minimum absolute atomic E-state index is 0.146. The molecule has 0 aromatic carbocycles. The van der Waals surface area contributed by atoms with E-state index < -0.39 is 0 Å². The fraction of sp³-hybridized carbons (Fsp3) is 0.538. The van der Waals surface area contributed by atoms with Gasteiger partial charge in [0.15, 0.2) is 0 Å². The molecule has 0 atom stereocenters. The molecule has 0 bridgehead atoms. The molecule has 1 aromatic rings. The summed E-state index contributed by atoms with van der Waals surface area (Å²) in [4.78, 5) is 0. The molecule has 0 unspecified atom stereocenters. The smallest absolute Gasteiger partial charge is 0.126 e. The number of hydrogen-bond donors (Lipinski definition) is 2. The Morgan fingerprint density at radius 2 is 2.31 bits per heavy atom. The predicted octanol–water partition coefficient (Wildman–Crippen LogP) is 2.29. The second-order valence-electron chi connectivity index (χ2n) is 4.69. The molecular weight excluding hydrogens is 202 g/mol. The molecule has 2 N–H and O–H groups in total.